The summed E-state index contributed by atoms with van der Waals surface area (Å²) in [6.07, 6.45) is -0.00681. The third-order valence-electron chi connectivity index (χ3n) is 2.66. The monoisotopic (exact) mass is 266 g/mol. The fraction of sp³-hybridized carbons (Fsp3) is 0.0714. The molecule has 4 heteroatoms. The molecular weight excluding hydrogens is 258 g/mol. The molecule has 1 nitrogen and oxygen atoms in total. The predicted octanol–water partition coefficient (Wildman–Crippen LogP) is 3.93. The molecule has 0 radical (unpaired) electrons. The van der Waals surface area contributed by atoms with Gasteiger partial charge in [-0.3, -0.25) is 4.79 Å². The van der Waals surface area contributed by atoms with Gasteiger partial charge in [-0.25, -0.2) is 8.78 Å². The molecule has 0 spiro atoms. The van der Waals surface area contributed by atoms with Crippen molar-refractivity contribution in [3.63, 3.8) is 0 Å². The highest BCUT2D eigenvalue weighted by Crippen LogP contribution is 2.20. The third kappa shape index (κ3) is 2.57. The van der Waals surface area contributed by atoms with E-state index in [1.165, 1.54) is 24.3 Å². The molecule has 0 fully saturated rings. The van der Waals surface area contributed by atoms with Crippen LogP contribution >= 0.6 is 11.6 Å². The molecule has 2 aromatic rings. The topological polar surface area (TPSA) is 17.1 Å². The van der Waals surface area contributed by atoms with E-state index in [4.69, 9.17) is 11.6 Å². The lowest BCUT2D eigenvalue weighted by Gasteiger charge is -2.08. The zero-order chi connectivity index (χ0) is 13.1. The normalized spacial score (nSPS) is 10.4. The van der Waals surface area contributed by atoms with Gasteiger partial charge in [0, 0.05) is 17.5 Å². The summed E-state index contributed by atoms with van der Waals surface area (Å²) < 4.78 is 27.0. The van der Waals surface area contributed by atoms with Gasteiger partial charge < -0.3 is 0 Å². The van der Waals surface area contributed by atoms with Gasteiger partial charge in [-0.05, 0) is 35.4 Å². The van der Waals surface area contributed by atoms with E-state index < -0.39 is 16.9 Å². The van der Waals surface area contributed by atoms with E-state index in [9.17, 15) is 13.6 Å². The number of carbonyl (C=O) groups excluding carboxylic acids is 1. The second-order valence-electron chi connectivity index (χ2n) is 3.81. The Labute approximate surface area is 108 Å². The van der Waals surface area contributed by atoms with E-state index >= 15 is 0 Å². The summed E-state index contributed by atoms with van der Waals surface area (Å²) in [6.45, 7) is 0. The molecule has 92 valence electrons. The van der Waals surface area contributed by atoms with Gasteiger partial charge in [0.2, 0.25) is 0 Å². The van der Waals surface area contributed by atoms with Crippen LogP contribution in [0.3, 0.4) is 0 Å². The van der Waals surface area contributed by atoms with Crippen LogP contribution < -0.4 is 0 Å². The maximum absolute atomic E-state index is 13.5. The molecule has 0 aliphatic heterocycles. The van der Waals surface area contributed by atoms with Crippen molar-refractivity contribution in [2.45, 2.75) is 6.42 Å². The van der Waals surface area contributed by atoms with Gasteiger partial charge in [0.1, 0.15) is 11.6 Å². The highest BCUT2D eigenvalue weighted by molar-refractivity contribution is 6.67. The Morgan fingerprint density at radius 2 is 1.61 bits per heavy atom. The number of hydrogen-bond acceptors (Lipinski definition) is 1. The lowest BCUT2D eigenvalue weighted by Crippen LogP contribution is -2.02. The minimum atomic E-state index is -0.637. The van der Waals surface area contributed by atoms with E-state index in [-0.39, 0.29) is 17.5 Å². The minimum absolute atomic E-state index is 0.00681. The molecule has 0 atom stereocenters. The van der Waals surface area contributed by atoms with Gasteiger partial charge in [-0.15, -0.1) is 0 Å². The van der Waals surface area contributed by atoms with Crippen LogP contribution in [0.4, 0.5) is 8.78 Å². The lowest BCUT2D eigenvalue weighted by molar-refractivity contribution is 0.108. The van der Waals surface area contributed by atoms with Gasteiger partial charge in [-0.1, -0.05) is 24.3 Å². The summed E-state index contributed by atoms with van der Waals surface area (Å²) in [6, 6.07) is 10.2. The zero-order valence-corrected chi connectivity index (χ0v) is 10.0. The van der Waals surface area contributed by atoms with Crippen LogP contribution in [-0.2, 0) is 6.42 Å². The van der Waals surface area contributed by atoms with Gasteiger partial charge >= 0.3 is 0 Å². The number of benzene rings is 2. The van der Waals surface area contributed by atoms with E-state index in [2.05, 4.69) is 0 Å². The SMILES string of the molecule is O=C(Cl)c1ccccc1Cc1c(F)cccc1F. The summed E-state index contributed by atoms with van der Waals surface area (Å²) in [5.41, 5.74) is 0.700. The first kappa shape index (κ1) is 12.7. The molecule has 18 heavy (non-hydrogen) atoms. The molecule has 0 unspecified atom stereocenters. The average molecular weight is 267 g/mol. The van der Waals surface area contributed by atoms with Crippen molar-refractivity contribution in [3.05, 3.63) is 70.8 Å². The standard InChI is InChI=1S/C14H9ClF2O/c15-14(18)10-5-2-1-4-9(10)8-11-12(16)6-3-7-13(11)17/h1-7H,8H2. The largest absolute Gasteiger partial charge is 0.276 e. The second-order valence-corrected chi connectivity index (χ2v) is 4.15. The molecule has 0 heterocycles. The maximum Gasteiger partial charge on any atom is 0.252 e. The van der Waals surface area contributed by atoms with E-state index in [1.54, 1.807) is 18.2 Å². The molecule has 2 aromatic carbocycles. The van der Waals surface area contributed by atoms with Crippen LogP contribution in [0.2, 0.25) is 0 Å². The number of rotatable bonds is 3. The van der Waals surface area contributed by atoms with Crippen molar-refractivity contribution in [2.24, 2.45) is 0 Å². The molecule has 0 aromatic heterocycles. The van der Waals surface area contributed by atoms with Crippen molar-refractivity contribution in [2.75, 3.05) is 0 Å². The summed E-state index contributed by atoms with van der Waals surface area (Å²) in [7, 11) is 0. The quantitative estimate of drug-likeness (QED) is 0.769. The summed E-state index contributed by atoms with van der Waals surface area (Å²) >= 11 is 5.43. The van der Waals surface area contributed by atoms with Gasteiger partial charge in [0.05, 0.1) is 0 Å². The molecule has 2 rings (SSSR count). The Bertz CT molecular complexity index is 576. The average Bonchev–Trinajstić information content (AvgIpc) is 2.34. The van der Waals surface area contributed by atoms with Crippen molar-refractivity contribution in [3.8, 4) is 0 Å². The maximum atomic E-state index is 13.5. The molecule has 0 saturated carbocycles. The Morgan fingerprint density at radius 1 is 1.00 bits per heavy atom. The first-order valence-corrected chi connectivity index (χ1v) is 5.68. The number of hydrogen-bond donors (Lipinski definition) is 0. The van der Waals surface area contributed by atoms with Crippen molar-refractivity contribution in [1.29, 1.82) is 0 Å². The Morgan fingerprint density at radius 3 is 2.22 bits per heavy atom. The van der Waals surface area contributed by atoms with Crippen LogP contribution in [0.1, 0.15) is 21.5 Å². The predicted molar refractivity (Wildman–Crippen MR) is 65.8 cm³/mol. The summed E-state index contributed by atoms with van der Waals surface area (Å²) in [5.74, 6) is -1.27. The van der Waals surface area contributed by atoms with Crippen LogP contribution in [0.15, 0.2) is 42.5 Å². The first-order chi connectivity index (χ1) is 8.59. The smallest absolute Gasteiger partial charge is 0.252 e. The Hall–Kier alpha value is -1.74. The van der Waals surface area contributed by atoms with Crippen LogP contribution in [0.5, 0.6) is 0 Å². The van der Waals surface area contributed by atoms with Gasteiger partial charge in [-0.2, -0.15) is 0 Å². The molecular formula is C14H9ClF2O. The Balaban J connectivity index is 2.43. The molecule has 0 N–H and O–H groups in total. The van der Waals surface area contributed by atoms with Crippen LogP contribution in [-0.4, -0.2) is 5.24 Å². The van der Waals surface area contributed by atoms with Crippen LogP contribution in [0.25, 0.3) is 0 Å². The first-order valence-electron chi connectivity index (χ1n) is 5.30. The van der Waals surface area contributed by atoms with Crippen molar-refractivity contribution in [1.82, 2.24) is 0 Å². The van der Waals surface area contributed by atoms with E-state index in [0.717, 1.165) is 0 Å². The molecule has 0 aliphatic carbocycles. The van der Waals surface area contributed by atoms with Crippen molar-refractivity contribution >= 4 is 16.8 Å². The van der Waals surface area contributed by atoms with E-state index in [0.29, 0.717) is 5.56 Å². The summed E-state index contributed by atoms with van der Waals surface area (Å²) in [5, 5.41) is -0.637. The van der Waals surface area contributed by atoms with Crippen molar-refractivity contribution < 1.29 is 13.6 Å². The highest BCUT2D eigenvalue weighted by atomic mass is 35.5. The zero-order valence-electron chi connectivity index (χ0n) is 9.29. The Kier molecular flexibility index (Phi) is 3.72. The molecule has 0 aliphatic rings. The fourth-order valence-electron chi connectivity index (χ4n) is 1.76. The molecule has 0 amide bonds. The molecule has 0 saturated heterocycles. The second kappa shape index (κ2) is 5.27. The van der Waals surface area contributed by atoms with Gasteiger partial charge in [0.15, 0.2) is 0 Å². The fourth-order valence-corrected chi connectivity index (χ4v) is 1.94. The number of halogens is 3. The highest BCUT2D eigenvalue weighted by Gasteiger charge is 2.13. The van der Waals surface area contributed by atoms with Gasteiger partial charge in [0.25, 0.3) is 5.24 Å². The van der Waals surface area contributed by atoms with E-state index in [1.807, 2.05) is 0 Å². The summed E-state index contributed by atoms with van der Waals surface area (Å²) in [4.78, 5) is 11.2. The number of carbonyl (C=O) groups is 1. The lowest BCUT2D eigenvalue weighted by atomic mass is 9.99. The molecule has 0 bridgehead atoms. The van der Waals surface area contributed by atoms with Crippen LogP contribution in [0, 0.1) is 11.6 Å². The third-order valence-corrected chi connectivity index (χ3v) is 2.86. The minimum Gasteiger partial charge on any atom is -0.276 e.